The minimum Gasteiger partial charge on any atom is -0.366 e. The molecule has 1 nitrogen and oxygen atoms in total. The first-order chi connectivity index (χ1) is 7.16. The minimum absolute atomic E-state index is 0.212. The van der Waals surface area contributed by atoms with Gasteiger partial charge in [-0.1, -0.05) is 29.8 Å². The molecule has 0 rings (SSSR count). The van der Waals surface area contributed by atoms with Crippen LogP contribution in [0, 0.1) is 0 Å². The van der Waals surface area contributed by atoms with Crippen molar-refractivity contribution in [3.05, 3.63) is 38.0 Å². The van der Waals surface area contributed by atoms with E-state index in [1.54, 1.807) is 0 Å². The molecule has 3 heteroatoms. The van der Waals surface area contributed by atoms with Crippen molar-refractivity contribution in [2.45, 2.75) is 30.8 Å². The highest BCUT2D eigenvalue weighted by Crippen LogP contribution is 2.28. The first-order valence-electron chi connectivity index (χ1n) is 5.17. The highest BCUT2D eigenvalue weighted by atomic mass is 35.5. The molecule has 0 saturated carbocycles. The molecule has 15 heavy (non-hydrogen) atoms. The highest BCUT2D eigenvalue weighted by Gasteiger charge is 2.36. The smallest absolute Gasteiger partial charge is 0.120 e. The summed E-state index contributed by atoms with van der Waals surface area (Å²) in [6.45, 7) is 13.6. The molecule has 0 fully saturated rings. The Morgan fingerprint density at radius 3 is 1.80 bits per heavy atom. The maximum Gasteiger partial charge on any atom is 0.120 e. The van der Waals surface area contributed by atoms with E-state index in [0.29, 0.717) is 0 Å². The lowest BCUT2D eigenvalue weighted by atomic mass is 10.7. The number of allylic oxidation sites excluding steroid dienone is 3. The lowest BCUT2D eigenvalue weighted by Crippen LogP contribution is -2.46. The van der Waals surface area contributed by atoms with Gasteiger partial charge in [0, 0.05) is 5.73 Å². The van der Waals surface area contributed by atoms with Crippen molar-refractivity contribution < 1.29 is 4.74 Å². The zero-order chi connectivity index (χ0) is 11.7. The average molecular weight is 245 g/mol. The number of alkyl halides is 1. The Morgan fingerprint density at radius 1 is 1.13 bits per heavy atom. The van der Waals surface area contributed by atoms with Crippen LogP contribution in [0.2, 0.25) is 18.1 Å². The lowest BCUT2D eigenvalue weighted by Gasteiger charge is -2.34. The standard InChI is InChI=1S/C12H21ClOSi/c1-5-8-15(9-6-2,10-7-3)12(4)14-11-13/h5-7,12H,1-3,8-11H2,4H3. The van der Waals surface area contributed by atoms with Crippen molar-refractivity contribution in [3.8, 4) is 0 Å². The summed E-state index contributed by atoms with van der Waals surface area (Å²) < 4.78 is 5.55. The molecule has 0 amide bonds. The third-order valence-electron chi connectivity index (χ3n) is 2.83. The van der Waals surface area contributed by atoms with E-state index in [-0.39, 0.29) is 11.8 Å². The van der Waals surface area contributed by atoms with E-state index in [9.17, 15) is 0 Å². The molecule has 0 heterocycles. The van der Waals surface area contributed by atoms with Crippen molar-refractivity contribution in [2.24, 2.45) is 0 Å². The van der Waals surface area contributed by atoms with Gasteiger partial charge in [-0.2, -0.15) is 0 Å². The molecular weight excluding hydrogens is 224 g/mol. The van der Waals surface area contributed by atoms with Crippen molar-refractivity contribution in [3.63, 3.8) is 0 Å². The topological polar surface area (TPSA) is 9.23 Å². The van der Waals surface area contributed by atoms with Gasteiger partial charge >= 0.3 is 0 Å². The van der Waals surface area contributed by atoms with Gasteiger partial charge in [0.1, 0.15) is 6.07 Å². The lowest BCUT2D eigenvalue weighted by molar-refractivity contribution is 0.152. The zero-order valence-electron chi connectivity index (χ0n) is 9.55. The maximum atomic E-state index is 5.63. The fourth-order valence-corrected chi connectivity index (χ4v) is 5.83. The van der Waals surface area contributed by atoms with E-state index in [0.717, 1.165) is 18.1 Å². The van der Waals surface area contributed by atoms with Crippen LogP contribution in [0.25, 0.3) is 0 Å². The predicted molar refractivity (Wildman–Crippen MR) is 72.0 cm³/mol. The molecule has 1 atom stereocenters. The fraction of sp³-hybridized carbons (Fsp3) is 0.500. The van der Waals surface area contributed by atoms with Crippen molar-refractivity contribution in [1.82, 2.24) is 0 Å². The van der Waals surface area contributed by atoms with Crippen molar-refractivity contribution in [2.75, 3.05) is 6.07 Å². The predicted octanol–water partition coefficient (Wildman–Crippen LogP) is 4.13. The second kappa shape index (κ2) is 7.91. The Balaban J connectivity index is 4.79. The monoisotopic (exact) mass is 244 g/mol. The van der Waals surface area contributed by atoms with Crippen LogP contribution in [0.1, 0.15) is 6.92 Å². The molecule has 0 aliphatic carbocycles. The normalized spacial score (nSPS) is 13.2. The maximum absolute atomic E-state index is 5.63. The second-order valence-corrected chi connectivity index (χ2v) is 8.74. The Kier molecular flexibility index (Phi) is 7.75. The third kappa shape index (κ3) is 4.37. The van der Waals surface area contributed by atoms with E-state index in [2.05, 4.69) is 26.7 Å². The highest BCUT2D eigenvalue weighted by molar-refractivity contribution is 6.82. The number of ether oxygens (including phenoxy) is 1. The van der Waals surface area contributed by atoms with E-state index >= 15 is 0 Å². The van der Waals surface area contributed by atoms with Gasteiger partial charge in [0.2, 0.25) is 0 Å². The Morgan fingerprint density at radius 2 is 1.53 bits per heavy atom. The number of hydrogen-bond acceptors (Lipinski definition) is 1. The summed E-state index contributed by atoms with van der Waals surface area (Å²) in [5, 5.41) is 0. The molecule has 0 aromatic rings. The SMILES string of the molecule is C=CC[Si](CC=C)(CC=C)C(C)OCCl. The van der Waals surface area contributed by atoms with E-state index in [1.165, 1.54) is 0 Å². The third-order valence-corrected chi connectivity index (χ3v) is 8.15. The van der Waals surface area contributed by atoms with Crippen LogP contribution >= 0.6 is 11.6 Å². The number of halogens is 1. The van der Waals surface area contributed by atoms with Crippen LogP contribution in [0.3, 0.4) is 0 Å². The summed E-state index contributed by atoms with van der Waals surface area (Å²) in [7, 11) is -1.58. The molecule has 0 spiro atoms. The molecule has 1 unspecified atom stereocenters. The van der Waals surface area contributed by atoms with Gasteiger partial charge < -0.3 is 4.74 Å². The second-order valence-electron chi connectivity index (χ2n) is 3.76. The molecule has 0 radical (unpaired) electrons. The van der Waals surface area contributed by atoms with Crippen LogP contribution in [-0.4, -0.2) is 19.9 Å². The van der Waals surface area contributed by atoms with Crippen LogP contribution in [0.4, 0.5) is 0 Å². The molecule has 0 bridgehead atoms. The average Bonchev–Trinajstić information content (AvgIpc) is 2.19. The summed E-state index contributed by atoms with van der Waals surface area (Å²) in [4.78, 5) is 0. The van der Waals surface area contributed by atoms with Gasteiger partial charge in [0.25, 0.3) is 0 Å². The van der Waals surface area contributed by atoms with Crippen LogP contribution in [0.15, 0.2) is 38.0 Å². The molecule has 86 valence electrons. The Labute approximate surface area is 99.5 Å². The molecule has 0 aromatic heterocycles. The molecule has 0 N–H and O–H groups in total. The van der Waals surface area contributed by atoms with Crippen LogP contribution < -0.4 is 0 Å². The summed E-state index contributed by atoms with van der Waals surface area (Å²) in [6.07, 6.45) is 5.94. The molecule has 0 aromatic carbocycles. The van der Waals surface area contributed by atoms with Crippen molar-refractivity contribution in [1.29, 1.82) is 0 Å². The Hall–Kier alpha value is -0.313. The Bertz CT molecular complexity index is 189. The molecule has 0 aliphatic rings. The van der Waals surface area contributed by atoms with Gasteiger partial charge in [0.05, 0.1) is 8.07 Å². The summed E-state index contributed by atoms with van der Waals surface area (Å²) in [6, 6.07) is 3.30. The van der Waals surface area contributed by atoms with Gasteiger partial charge in [-0.05, 0) is 25.1 Å². The number of rotatable bonds is 9. The first kappa shape index (κ1) is 14.7. The quantitative estimate of drug-likeness (QED) is 0.337. The largest absolute Gasteiger partial charge is 0.366 e. The van der Waals surface area contributed by atoms with E-state index in [1.807, 2.05) is 18.2 Å². The van der Waals surface area contributed by atoms with Gasteiger partial charge in [0.15, 0.2) is 0 Å². The fourth-order valence-electron chi connectivity index (χ4n) is 1.88. The van der Waals surface area contributed by atoms with E-state index < -0.39 is 8.07 Å². The molecule has 0 saturated heterocycles. The molecular formula is C12H21ClOSi. The van der Waals surface area contributed by atoms with Gasteiger partial charge in [-0.3, -0.25) is 0 Å². The number of hydrogen-bond donors (Lipinski definition) is 0. The van der Waals surface area contributed by atoms with Gasteiger partial charge in [-0.15, -0.1) is 19.7 Å². The van der Waals surface area contributed by atoms with Gasteiger partial charge in [-0.25, -0.2) is 0 Å². The van der Waals surface area contributed by atoms with E-state index in [4.69, 9.17) is 16.3 Å². The van der Waals surface area contributed by atoms with Crippen LogP contribution in [-0.2, 0) is 4.74 Å². The summed E-state index contributed by atoms with van der Waals surface area (Å²) in [5.41, 5.74) is 0.212. The molecule has 0 aliphatic heterocycles. The zero-order valence-corrected chi connectivity index (χ0v) is 11.3. The summed E-state index contributed by atoms with van der Waals surface area (Å²) in [5.74, 6) is 0. The minimum atomic E-state index is -1.58. The van der Waals surface area contributed by atoms with Crippen LogP contribution in [0.5, 0.6) is 0 Å². The van der Waals surface area contributed by atoms with Crippen molar-refractivity contribution >= 4 is 19.7 Å². The first-order valence-corrected chi connectivity index (χ1v) is 8.40. The summed E-state index contributed by atoms with van der Waals surface area (Å²) >= 11 is 5.63.